The zero-order chi connectivity index (χ0) is 17.9. The van der Waals surface area contributed by atoms with E-state index in [-0.39, 0.29) is 17.6 Å². The van der Waals surface area contributed by atoms with Gasteiger partial charge in [-0.25, -0.2) is 0 Å². The summed E-state index contributed by atoms with van der Waals surface area (Å²) in [6.07, 6.45) is 3.28. The average Bonchev–Trinajstić information content (AvgIpc) is 2.50. The lowest BCUT2D eigenvalue weighted by Crippen LogP contribution is -2.49. The summed E-state index contributed by atoms with van der Waals surface area (Å²) >= 11 is 4.94. The first-order valence-corrected chi connectivity index (χ1v) is 8.41. The highest BCUT2D eigenvalue weighted by Crippen LogP contribution is 2.15. The molecule has 0 unspecified atom stereocenters. The normalized spacial score (nSPS) is 9.96. The van der Waals surface area contributed by atoms with Crippen LogP contribution in [0.2, 0.25) is 0 Å². The van der Waals surface area contributed by atoms with Crippen LogP contribution >= 0.6 is 12.2 Å². The Hall–Kier alpha value is -2.15. The number of carbonyl (C=O) groups excluding carboxylic acids is 2. The number of amides is 2. The van der Waals surface area contributed by atoms with Crippen LogP contribution in [-0.4, -0.2) is 23.5 Å². The molecule has 2 amide bonds. The predicted molar refractivity (Wildman–Crippen MR) is 97.6 cm³/mol. The van der Waals surface area contributed by atoms with Crippen LogP contribution in [0.25, 0.3) is 0 Å². The number of hydrogen-bond donors (Lipinski definition) is 3. The van der Waals surface area contributed by atoms with Crippen molar-refractivity contribution < 1.29 is 14.3 Å². The summed E-state index contributed by atoms with van der Waals surface area (Å²) in [5.74, 6) is 0.0767. The van der Waals surface area contributed by atoms with Crippen molar-refractivity contribution in [2.24, 2.45) is 0 Å². The third-order valence-electron chi connectivity index (χ3n) is 3.14. The second-order valence-electron chi connectivity index (χ2n) is 5.62. The molecule has 24 heavy (non-hydrogen) atoms. The van der Waals surface area contributed by atoms with E-state index in [9.17, 15) is 9.59 Å². The van der Waals surface area contributed by atoms with Gasteiger partial charge < -0.3 is 10.1 Å². The Labute approximate surface area is 148 Å². The topological polar surface area (TPSA) is 79.5 Å². The van der Waals surface area contributed by atoms with Crippen molar-refractivity contribution in [3.8, 4) is 5.75 Å². The molecule has 0 heterocycles. The van der Waals surface area contributed by atoms with Crippen molar-refractivity contribution >= 4 is 29.1 Å². The Kier molecular flexibility index (Phi) is 8.78. The maximum Gasteiger partial charge on any atom is 0.276 e. The van der Waals surface area contributed by atoms with Gasteiger partial charge in [0, 0.05) is 6.42 Å². The lowest BCUT2D eigenvalue weighted by Gasteiger charge is -2.12. The second-order valence-corrected chi connectivity index (χ2v) is 6.03. The molecule has 1 aromatic carbocycles. The van der Waals surface area contributed by atoms with Crippen LogP contribution in [-0.2, 0) is 9.59 Å². The molecule has 3 N–H and O–H groups in total. The van der Waals surface area contributed by atoms with Crippen LogP contribution in [0.3, 0.4) is 0 Å². The predicted octanol–water partition coefficient (Wildman–Crippen LogP) is 2.28. The van der Waals surface area contributed by atoms with Crippen LogP contribution in [0.5, 0.6) is 5.75 Å². The molecule has 0 aromatic heterocycles. The molecule has 132 valence electrons. The maximum absolute atomic E-state index is 11.7. The summed E-state index contributed by atoms with van der Waals surface area (Å²) in [4.78, 5) is 23.3. The standard InChI is InChI=1S/C17H25N3O3S/c1-4-5-6-7-15(21)18-17(24)20-19-16(22)11-23-14-9-12(2)8-13(3)10-14/h8-10H,4-7,11H2,1-3H3,(H,19,22)(H2,18,20,21,24). The number of benzene rings is 1. The van der Waals surface area contributed by atoms with E-state index in [2.05, 4.69) is 23.1 Å². The number of hydrogen-bond acceptors (Lipinski definition) is 4. The highest BCUT2D eigenvalue weighted by molar-refractivity contribution is 7.80. The first kappa shape index (κ1) is 19.9. The fourth-order valence-electron chi connectivity index (χ4n) is 2.08. The van der Waals surface area contributed by atoms with E-state index >= 15 is 0 Å². The number of unbranched alkanes of at least 4 members (excludes halogenated alkanes) is 2. The van der Waals surface area contributed by atoms with Gasteiger partial charge in [0.1, 0.15) is 5.75 Å². The number of hydrazine groups is 1. The molecular formula is C17H25N3O3S. The van der Waals surface area contributed by atoms with E-state index in [1.54, 1.807) is 0 Å². The number of ether oxygens (including phenoxy) is 1. The second kappa shape index (κ2) is 10.6. The summed E-state index contributed by atoms with van der Waals surface area (Å²) in [6.45, 7) is 5.84. The Morgan fingerprint density at radius 3 is 2.33 bits per heavy atom. The summed E-state index contributed by atoms with van der Waals surface area (Å²) in [5, 5.41) is 2.57. The Bertz CT molecular complexity index is 570. The van der Waals surface area contributed by atoms with E-state index in [0.717, 1.165) is 30.4 Å². The Morgan fingerprint density at radius 1 is 1.04 bits per heavy atom. The molecule has 0 saturated heterocycles. The summed E-state index contributed by atoms with van der Waals surface area (Å²) in [6, 6.07) is 5.74. The minimum atomic E-state index is -0.392. The summed E-state index contributed by atoms with van der Waals surface area (Å²) in [7, 11) is 0. The third-order valence-corrected chi connectivity index (χ3v) is 3.35. The first-order chi connectivity index (χ1) is 11.4. The van der Waals surface area contributed by atoms with Crippen LogP contribution in [0, 0.1) is 13.8 Å². The molecule has 1 aromatic rings. The molecule has 0 aliphatic carbocycles. The smallest absolute Gasteiger partial charge is 0.276 e. The number of thiocarbonyl (C=S) groups is 1. The maximum atomic E-state index is 11.7. The van der Waals surface area contributed by atoms with Crippen LogP contribution in [0.4, 0.5) is 0 Å². The quantitative estimate of drug-likeness (QED) is 0.399. The molecule has 0 radical (unpaired) electrons. The lowest BCUT2D eigenvalue weighted by atomic mass is 10.1. The Morgan fingerprint density at radius 2 is 1.71 bits per heavy atom. The first-order valence-electron chi connectivity index (χ1n) is 8.00. The summed E-state index contributed by atoms with van der Waals surface area (Å²) < 4.78 is 5.43. The average molecular weight is 351 g/mol. The van der Waals surface area contributed by atoms with E-state index in [1.165, 1.54) is 0 Å². The minimum absolute atomic E-state index is 0.0660. The lowest BCUT2D eigenvalue weighted by molar-refractivity contribution is -0.124. The van der Waals surface area contributed by atoms with Gasteiger partial charge in [-0.1, -0.05) is 25.8 Å². The highest BCUT2D eigenvalue weighted by Gasteiger charge is 2.07. The van der Waals surface area contributed by atoms with Crippen molar-refractivity contribution in [1.82, 2.24) is 16.2 Å². The zero-order valence-electron chi connectivity index (χ0n) is 14.4. The van der Waals surface area contributed by atoms with Crippen LogP contribution in [0.15, 0.2) is 18.2 Å². The number of aryl methyl sites for hydroxylation is 2. The van der Waals surface area contributed by atoms with Crippen molar-refractivity contribution in [3.63, 3.8) is 0 Å². The van der Waals surface area contributed by atoms with Gasteiger partial charge in [-0.2, -0.15) is 0 Å². The van der Waals surface area contributed by atoms with E-state index in [1.807, 2.05) is 32.0 Å². The molecule has 0 fully saturated rings. The SMILES string of the molecule is CCCCCC(=O)NC(=S)NNC(=O)COc1cc(C)cc(C)c1. The Balaban J connectivity index is 2.25. The molecule has 0 atom stereocenters. The largest absolute Gasteiger partial charge is 0.484 e. The molecule has 0 aliphatic heterocycles. The number of nitrogens with one attached hydrogen (secondary N) is 3. The van der Waals surface area contributed by atoms with E-state index in [4.69, 9.17) is 17.0 Å². The van der Waals surface area contributed by atoms with Crippen LogP contribution < -0.4 is 20.9 Å². The molecule has 0 saturated carbocycles. The van der Waals surface area contributed by atoms with E-state index in [0.29, 0.717) is 12.2 Å². The van der Waals surface area contributed by atoms with Gasteiger partial charge in [-0.15, -0.1) is 0 Å². The van der Waals surface area contributed by atoms with Gasteiger partial charge in [-0.05, 0) is 55.7 Å². The van der Waals surface area contributed by atoms with Gasteiger partial charge in [0.05, 0.1) is 0 Å². The molecule has 6 nitrogen and oxygen atoms in total. The molecule has 0 spiro atoms. The molecule has 7 heteroatoms. The summed E-state index contributed by atoms with van der Waals surface area (Å²) in [5.41, 5.74) is 7.00. The third kappa shape index (κ3) is 8.47. The van der Waals surface area contributed by atoms with Crippen LogP contribution in [0.1, 0.15) is 43.7 Å². The van der Waals surface area contributed by atoms with Crippen molar-refractivity contribution in [2.75, 3.05) is 6.61 Å². The van der Waals surface area contributed by atoms with Crippen molar-refractivity contribution in [2.45, 2.75) is 46.5 Å². The monoisotopic (exact) mass is 351 g/mol. The number of rotatable bonds is 7. The van der Waals surface area contributed by atoms with Gasteiger partial charge in [0.2, 0.25) is 5.91 Å². The highest BCUT2D eigenvalue weighted by atomic mass is 32.1. The fourth-order valence-corrected chi connectivity index (χ4v) is 2.25. The minimum Gasteiger partial charge on any atom is -0.484 e. The fraction of sp³-hybridized carbons (Fsp3) is 0.471. The molecule has 0 aliphatic rings. The van der Waals surface area contributed by atoms with Gasteiger partial charge >= 0.3 is 0 Å². The van der Waals surface area contributed by atoms with Gasteiger partial charge in [0.25, 0.3) is 5.91 Å². The van der Waals surface area contributed by atoms with Gasteiger partial charge in [-0.3, -0.25) is 20.4 Å². The van der Waals surface area contributed by atoms with Crippen molar-refractivity contribution in [1.29, 1.82) is 0 Å². The zero-order valence-corrected chi connectivity index (χ0v) is 15.2. The molecular weight excluding hydrogens is 326 g/mol. The van der Waals surface area contributed by atoms with E-state index < -0.39 is 5.91 Å². The number of carbonyl (C=O) groups is 2. The molecule has 1 rings (SSSR count). The van der Waals surface area contributed by atoms with Crippen molar-refractivity contribution in [3.05, 3.63) is 29.3 Å². The molecule has 0 bridgehead atoms. The van der Waals surface area contributed by atoms with Gasteiger partial charge in [0.15, 0.2) is 11.7 Å².